The second kappa shape index (κ2) is 19.6. The minimum atomic E-state index is -1.39. The lowest BCUT2D eigenvalue weighted by atomic mass is 9.80. The molecule has 0 spiro atoms. The zero-order valence-electron chi connectivity index (χ0n) is 34.6. The summed E-state index contributed by atoms with van der Waals surface area (Å²) in [6, 6.07) is 74.4. The molecule has 0 radical (unpaired) electrons. The van der Waals surface area contributed by atoms with E-state index in [-0.39, 0.29) is 0 Å². The Bertz CT molecular complexity index is 3220. The molecule has 0 saturated carbocycles. The first-order valence-electron chi connectivity index (χ1n) is 20.9. The Balaban J connectivity index is 0.000000140. The van der Waals surface area contributed by atoms with E-state index >= 15 is 0 Å². The van der Waals surface area contributed by atoms with Crippen molar-refractivity contribution in [2.24, 2.45) is 0 Å². The summed E-state index contributed by atoms with van der Waals surface area (Å²) in [4.78, 5) is 2.64. The molecule has 0 amide bonds. The van der Waals surface area contributed by atoms with E-state index in [0.29, 0.717) is 5.46 Å². The van der Waals surface area contributed by atoms with Crippen LogP contribution < -0.4 is 5.46 Å². The number of halogens is 2. The fourth-order valence-electron chi connectivity index (χ4n) is 7.76. The number of fused-ring (bicyclic) bond motifs is 4. The maximum Gasteiger partial charge on any atom is 0.488 e. The smallest absolute Gasteiger partial charge is 0.423 e. The van der Waals surface area contributed by atoms with Gasteiger partial charge in [-0.05, 0) is 152 Å². The molecule has 2 N–H and O–H groups in total. The number of hydrogen-bond acceptors (Lipinski definition) is 6. The molecule has 0 unspecified atom stereocenters. The second-order valence-corrected chi connectivity index (χ2v) is 22.5. The predicted molar refractivity (Wildman–Crippen MR) is 293 cm³/mol. The molecule has 4 heterocycles. The van der Waals surface area contributed by atoms with Crippen LogP contribution in [0.3, 0.4) is 0 Å². The molecule has 0 aliphatic rings. The summed E-state index contributed by atoms with van der Waals surface area (Å²) in [5, 5.41) is 23.2. The molecule has 0 aliphatic heterocycles. The first-order chi connectivity index (χ1) is 31.8. The van der Waals surface area contributed by atoms with Gasteiger partial charge in [0, 0.05) is 28.6 Å². The van der Waals surface area contributed by atoms with E-state index in [1.54, 1.807) is 34.8 Å². The van der Waals surface area contributed by atoms with Crippen molar-refractivity contribution in [1.29, 1.82) is 0 Å². The van der Waals surface area contributed by atoms with E-state index in [2.05, 4.69) is 190 Å². The lowest BCUT2D eigenvalue weighted by Gasteiger charge is -2.03. The van der Waals surface area contributed by atoms with E-state index in [9.17, 15) is 0 Å². The number of hydrogen-bond donors (Lipinski definition) is 2. The predicted octanol–water partition coefficient (Wildman–Crippen LogP) is 17.5. The van der Waals surface area contributed by atoms with Gasteiger partial charge in [0.15, 0.2) is 0 Å². The van der Waals surface area contributed by atoms with Crippen LogP contribution >= 0.6 is 77.2 Å². The quantitative estimate of drug-likeness (QED) is 0.163. The average molecular weight is 1040 g/mol. The molecule has 0 bridgehead atoms. The van der Waals surface area contributed by atoms with E-state index in [1.165, 1.54) is 91.1 Å². The van der Waals surface area contributed by atoms with Crippen molar-refractivity contribution in [3.05, 3.63) is 220 Å². The fraction of sp³-hybridized carbons (Fsp3) is 0. The third kappa shape index (κ3) is 10.0. The van der Waals surface area contributed by atoms with Gasteiger partial charge < -0.3 is 10.0 Å². The fourth-order valence-corrected chi connectivity index (χ4v) is 13.1. The minimum Gasteiger partial charge on any atom is -0.423 e. The van der Waals surface area contributed by atoms with Crippen LogP contribution in [0.1, 0.15) is 0 Å². The van der Waals surface area contributed by atoms with Crippen molar-refractivity contribution in [2.45, 2.75) is 0 Å². The van der Waals surface area contributed by atoms with Crippen LogP contribution in [0.15, 0.2) is 220 Å². The molecular weight excluding hydrogens is 1000 g/mol. The van der Waals surface area contributed by atoms with Crippen molar-refractivity contribution in [2.75, 3.05) is 0 Å². The van der Waals surface area contributed by atoms with Gasteiger partial charge in [0.2, 0.25) is 0 Å². The van der Waals surface area contributed by atoms with E-state index in [4.69, 9.17) is 10.0 Å². The number of thiophene rings is 4. The van der Waals surface area contributed by atoms with Crippen molar-refractivity contribution in [3.8, 4) is 54.3 Å². The monoisotopic (exact) mass is 1040 g/mol. The number of rotatable bonds is 6. The summed E-state index contributed by atoms with van der Waals surface area (Å²) in [7, 11) is -1.39. The first-order valence-corrected chi connectivity index (χ1v) is 25.7. The largest absolute Gasteiger partial charge is 0.488 e. The molecule has 0 atom stereocenters. The number of benzene rings is 8. The molecule has 12 rings (SSSR count). The molecular formula is C56H37BBr2O2S4. The normalized spacial score (nSPS) is 11.1. The molecule has 9 heteroatoms. The zero-order chi connectivity index (χ0) is 44.3. The highest BCUT2D eigenvalue weighted by molar-refractivity contribution is 9.11. The SMILES string of the molecule is Brc1cc2cc3sc(Br)cc3cc2s1.OB(O)c1ccc(-c2ccccc2)cc1.c1ccc(-c2ccc(-c3cc4cc5sc(-c6ccc(-c7ccccc7)cc6)cc5cc4s3)cc2)cc1. The Morgan fingerprint density at radius 1 is 0.292 bits per heavy atom. The molecule has 0 fully saturated rings. The molecule has 65 heavy (non-hydrogen) atoms. The highest BCUT2D eigenvalue weighted by atomic mass is 79.9. The first kappa shape index (κ1) is 43.4. The molecule has 0 saturated heterocycles. The summed E-state index contributed by atoms with van der Waals surface area (Å²) in [5.74, 6) is 0. The standard InChI is InChI=1S/C34H22S2.C12H11BO2.C10H4Br2S2/c1-3-7-23(8-4-1)25-11-15-27(16-12-25)31-19-29-21-34-30(22-33(29)35-31)20-32(36-34)28-17-13-26(14-18-28)24-9-5-2-6-10-24;14-13(15)12-8-6-11(7-9-12)10-4-2-1-3-5-10;11-9-3-5-1-7-6(2-8(5)14-9)4-10(12)13-7/h1-22H;1-9,14-15H;1-4H. The lowest BCUT2D eigenvalue weighted by molar-refractivity contribution is 0.426. The Morgan fingerprint density at radius 3 is 0.908 bits per heavy atom. The zero-order valence-corrected chi connectivity index (χ0v) is 41.0. The van der Waals surface area contributed by atoms with Gasteiger partial charge in [-0.15, -0.1) is 45.3 Å². The average Bonchev–Trinajstić information content (AvgIpc) is 4.14. The molecule has 12 aromatic rings. The highest BCUT2D eigenvalue weighted by Crippen LogP contribution is 2.41. The van der Waals surface area contributed by atoms with Gasteiger partial charge >= 0.3 is 7.12 Å². The van der Waals surface area contributed by atoms with Crippen molar-refractivity contribution in [3.63, 3.8) is 0 Å². The van der Waals surface area contributed by atoms with Crippen LogP contribution in [-0.2, 0) is 0 Å². The summed E-state index contributed by atoms with van der Waals surface area (Å²) >= 11 is 14.3. The van der Waals surface area contributed by atoms with Gasteiger partial charge in [0.25, 0.3) is 0 Å². The lowest BCUT2D eigenvalue weighted by Crippen LogP contribution is -2.29. The molecule has 314 valence electrons. The van der Waals surface area contributed by atoms with Gasteiger partial charge in [-0.3, -0.25) is 0 Å². The highest BCUT2D eigenvalue weighted by Gasteiger charge is 2.12. The van der Waals surface area contributed by atoms with Crippen molar-refractivity contribution < 1.29 is 10.0 Å². The summed E-state index contributed by atoms with van der Waals surface area (Å²) in [5.41, 5.74) is 10.3. The Labute approximate surface area is 410 Å². The minimum absolute atomic E-state index is 0.509. The Hall–Kier alpha value is -5.46. The van der Waals surface area contributed by atoms with Crippen LogP contribution in [0.5, 0.6) is 0 Å². The van der Waals surface area contributed by atoms with Crippen LogP contribution in [0, 0.1) is 0 Å². The van der Waals surface area contributed by atoms with Crippen LogP contribution in [0.4, 0.5) is 0 Å². The van der Waals surface area contributed by atoms with Gasteiger partial charge in [0.05, 0.1) is 7.57 Å². The van der Waals surface area contributed by atoms with Gasteiger partial charge in [0.1, 0.15) is 0 Å². The van der Waals surface area contributed by atoms with Crippen LogP contribution in [0.2, 0.25) is 0 Å². The van der Waals surface area contributed by atoms with Crippen LogP contribution in [0.25, 0.3) is 94.6 Å². The maximum atomic E-state index is 8.94. The van der Waals surface area contributed by atoms with Crippen LogP contribution in [-0.4, -0.2) is 17.2 Å². The van der Waals surface area contributed by atoms with Crippen molar-refractivity contribution >= 4 is 130 Å². The topological polar surface area (TPSA) is 40.5 Å². The summed E-state index contributed by atoms with van der Waals surface area (Å²) in [6.45, 7) is 0. The van der Waals surface area contributed by atoms with E-state index in [0.717, 1.165) is 11.1 Å². The summed E-state index contributed by atoms with van der Waals surface area (Å²) < 4.78 is 7.76. The van der Waals surface area contributed by atoms with E-state index < -0.39 is 7.12 Å². The third-order valence-corrected chi connectivity index (χ3v) is 16.6. The van der Waals surface area contributed by atoms with Gasteiger partial charge in [-0.1, -0.05) is 164 Å². The molecule has 2 nitrogen and oxygen atoms in total. The second-order valence-electron chi connectivity index (χ2n) is 15.4. The van der Waals surface area contributed by atoms with Gasteiger partial charge in [-0.2, -0.15) is 0 Å². The summed E-state index contributed by atoms with van der Waals surface area (Å²) in [6.07, 6.45) is 0. The third-order valence-electron chi connectivity index (χ3n) is 11.1. The molecule has 0 aliphatic carbocycles. The van der Waals surface area contributed by atoms with Crippen molar-refractivity contribution in [1.82, 2.24) is 0 Å². The molecule has 4 aromatic heterocycles. The van der Waals surface area contributed by atoms with E-state index in [1.807, 2.05) is 65.1 Å². The Kier molecular flexibility index (Phi) is 13.1. The maximum absolute atomic E-state index is 8.94. The van der Waals surface area contributed by atoms with Gasteiger partial charge in [-0.25, -0.2) is 0 Å². The Morgan fingerprint density at radius 2 is 0.569 bits per heavy atom. The molecule has 8 aromatic carbocycles.